The van der Waals surface area contributed by atoms with Crippen LogP contribution in [0.1, 0.15) is 11.1 Å². The van der Waals surface area contributed by atoms with Crippen LogP contribution in [-0.2, 0) is 17.8 Å². The molecule has 4 nitrogen and oxygen atoms in total. The van der Waals surface area contributed by atoms with Crippen molar-refractivity contribution < 1.29 is 9.53 Å². The van der Waals surface area contributed by atoms with E-state index in [0.29, 0.717) is 13.0 Å². The number of hydrogen-bond donors (Lipinski definition) is 1. The molecule has 3 aromatic rings. The Balaban J connectivity index is 1.61. The zero-order valence-electron chi connectivity index (χ0n) is 13.4. The van der Waals surface area contributed by atoms with Crippen LogP contribution in [0, 0.1) is 0 Å². The summed E-state index contributed by atoms with van der Waals surface area (Å²) in [4.78, 5) is 16.4. The predicted molar refractivity (Wildman–Crippen MR) is 96.1 cm³/mol. The van der Waals surface area contributed by atoms with Crippen molar-refractivity contribution in [2.24, 2.45) is 0 Å². The first kappa shape index (κ1) is 16.2. The summed E-state index contributed by atoms with van der Waals surface area (Å²) in [6.07, 6.45) is 3.91. The SMILES string of the molecule is COc1ccccc1CC(=O)NCc1cncc(-c2ccsc2)c1. The molecule has 0 unspecified atom stereocenters. The fraction of sp³-hybridized carbons (Fsp3) is 0.158. The maximum Gasteiger partial charge on any atom is 0.224 e. The molecule has 0 radical (unpaired) electrons. The Morgan fingerprint density at radius 1 is 1.21 bits per heavy atom. The van der Waals surface area contributed by atoms with Gasteiger partial charge in [0, 0.05) is 30.1 Å². The summed E-state index contributed by atoms with van der Waals surface area (Å²) in [6.45, 7) is 0.457. The first-order chi connectivity index (χ1) is 11.8. The number of thiophene rings is 1. The van der Waals surface area contributed by atoms with E-state index in [-0.39, 0.29) is 5.91 Å². The van der Waals surface area contributed by atoms with Gasteiger partial charge in [-0.05, 0) is 40.1 Å². The maximum absolute atomic E-state index is 12.2. The minimum absolute atomic E-state index is 0.0413. The number of nitrogens with one attached hydrogen (secondary N) is 1. The summed E-state index contributed by atoms with van der Waals surface area (Å²) >= 11 is 1.65. The van der Waals surface area contributed by atoms with Gasteiger partial charge in [0.15, 0.2) is 0 Å². The number of benzene rings is 1. The highest BCUT2D eigenvalue weighted by molar-refractivity contribution is 7.08. The first-order valence-electron chi connectivity index (χ1n) is 7.61. The van der Waals surface area contributed by atoms with Gasteiger partial charge in [-0.3, -0.25) is 9.78 Å². The predicted octanol–water partition coefficient (Wildman–Crippen LogP) is 3.68. The highest BCUT2D eigenvalue weighted by Gasteiger charge is 2.08. The number of nitrogens with zero attached hydrogens (tertiary/aromatic N) is 1. The van der Waals surface area contributed by atoms with Crippen LogP contribution in [0.3, 0.4) is 0 Å². The molecule has 0 saturated carbocycles. The number of pyridine rings is 1. The monoisotopic (exact) mass is 338 g/mol. The van der Waals surface area contributed by atoms with Gasteiger partial charge in [0.05, 0.1) is 13.5 Å². The van der Waals surface area contributed by atoms with Crippen molar-refractivity contribution in [1.29, 1.82) is 0 Å². The molecule has 2 aromatic heterocycles. The van der Waals surface area contributed by atoms with E-state index in [1.165, 1.54) is 0 Å². The Morgan fingerprint density at radius 2 is 2.08 bits per heavy atom. The Kier molecular flexibility index (Phi) is 5.23. The average Bonchev–Trinajstić information content (AvgIpc) is 3.15. The molecule has 5 heteroatoms. The van der Waals surface area contributed by atoms with E-state index < -0.39 is 0 Å². The molecule has 0 saturated heterocycles. The molecule has 0 aliphatic heterocycles. The summed E-state index contributed by atoms with van der Waals surface area (Å²) in [5.41, 5.74) is 4.07. The van der Waals surface area contributed by atoms with E-state index in [9.17, 15) is 4.79 Å². The van der Waals surface area contributed by atoms with Gasteiger partial charge in [-0.1, -0.05) is 18.2 Å². The number of carbonyl (C=O) groups is 1. The molecule has 122 valence electrons. The minimum Gasteiger partial charge on any atom is -0.496 e. The number of amides is 1. The van der Waals surface area contributed by atoms with E-state index in [4.69, 9.17) is 4.74 Å². The molecule has 24 heavy (non-hydrogen) atoms. The van der Waals surface area contributed by atoms with E-state index >= 15 is 0 Å². The third-order valence-electron chi connectivity index (χ3n) is 3.68. The van der Waals surface area contributed by atoms with Gasteiger partial charge in [-0.2, -0.15) is 11.3 Å². The zero-order chi connectivity index (χ0) is 16.8. The summed E-state index contributed by atoms with van der Waals surface area (Å²) in [6, 6.07) is 11.7. The van der Waals surface area contributed by atoms with E-state index in [0.717, 1.165) is 28.0 Å². The number of para-hydroxylation sites is 1. The van der Waals surface area contributed by atoms with Crippen molar-refractivity contribution in [3.05, 3.63) is 70.7 Å². The second kappa shape index (κ2) is 7.75. The van der Waals surface area contributed by atoms with Crippen molar-refractivity contribution in [3.63, 3.8) is 0 Å². The Labute approximate surface area is 145 Å². The lowest BCUT2D eigenvalue weighted by atomic mass is 10.1. The van der Waals surface area contributed by atoms with E-state index in [1.54, 1.807) is 24.6 Å². The molecule has 1 aromatic carbocycles. The van der Waals surface area contributed by atoms with Crippen LogP contribution in [0.15, 0.2) is 59.6 Å². The Morgan fingerprint density at radius 3 is 2.88 bits per heavy atom. The minimum atomic E-state index is -0.0413. The molecule has 0 atom stereocenters. The number of hydrogen-bond acceptors (Lipinski definition) is 4. The molecular weight excluding hydrogens is 320 g/mol. The van der Waals surface area contributed by atoms with Crippen molar-refractivity contribution in [3.8, 4) is 16.9 Å². The van der Waals surface area contributed by atoms with Gasteiger partial charge < -0.3 is 10.1 Å². The van der Waals surface area contributed by atoms with Crippen LogP contribution in [-0.4, -0.2) is 18.0 Å². The molecule has 1 amide bonds. The van der Waals surface area contributed by atoms with Crippen LogP contribution < -0.4 is 10.1 Å². The summed E-state index contributed by atoms with van der Waals surface area (Å²) in [5.74, 6) is 0.689. The van der Waals surface area contributed by atoms with Crippen molar-refractivity contribution >= 4 is 17.2 Å². The average molecular weight is 338 g/mol. The second-order valence-electron chi connectivity index (χ2n) is 5.36. The molecule has 0 bridgehead atoms. The highest BCUT2D eigenvalue weighted by atomic mass is 32.1. The number of carbonyl (C=O) groups excluding carboxylic acids is 1. The zero-order valence-corrected chi connectivity index (χ0v) is 14.2. The number of aromatic nitrogens is 1. The van der Waals surface area contributed by atoms with E-state index in [1.807, 2.05) is 35.8 Å². The lowest BCUT2D eigenvalue weighted by Gasteiger charge is -2.09. The highest BCUT2D eigenvalue weighted by Crippen LogP contribution is 2.22. The normalized spacial score (nSPS) is 10.4. The second-order valence-corrected chi connectivity index (χ2v) is 6.14. The molecule has 1 N–H and O–H groups in total. The van der Waals surface area contributed by atoms with Crippen molar-refractivity contribution in [2.75, 3.05) is 7.11 Å². The van der Waals surface area contributed by atoms with Crippen LogP contribution in [0.5, 0.6) is 5.75 Å². The van der Waals surface area contributed by atoms with Gasteiger partial charge in [-0.25, -0.2) is 0 Å². The van der Waals surface area contributed by atoms with Gasteiger partial charge >= 0.3 is 0 Å². The molecule has 0 aliphatic rings. The molecule has 2 heterocycles. The summed E-state index contributed by atoms with van der Waals surface area (Å²) in [7, 11) is 1.61. The third-order valence-corrected chi connectivity index (χ3v) is 4.37. The smallest absolute Gasteiger partial charge is 0.224 e. The topological polar surface area (TPSA) is 51.2 Å². The summed E-state index contributed by atoms with van der Waals surface area (Å²) in [5, 5.41) is 7.06. The van der Waals surface area contributed by atoms with Crippen LogP contribution >= 0.6 is 11.3 Å². The van der Waals surface area contributed by atoms with Gasteiger partial charge in [0.1, 0.15) is 5.75 Å². The van der Waals surface area contributed by atoms with Gasteiger partial charge in [0.2, 0.25) is 5.91 Å². The van der Waals surface area contributed by atoms with Crippen LogP contribution in [0.4, 0.5) is 0 Å². The molecule has 0 aliphatic carbocycles. The van der Waals surface area contributed by atoms with Crippen molar-refractivity contribution in [1.82, 2.24) is 10.3 Å². The Bertz CT molecular complexity index is 816. The summed E-state index contributed by atoms with van der Waals surface area (Å²) < 4.78 is 5.28. The van der Waals surface area contributed by atoms with E-state index in [2.05, 4.69) is 27.8 Å². The fourth-order valence-corrected chi connectivity index (χ4v) is 3.12. The van der Waals surface area contributed by atoms with Crippen molar-refractivity contribution in [2.45, 2.75) is 13.0 Å². The molecule has 0 fully saturated rings. The molecular formula is C19H18N2O2S. The fourth-order valence-electron chi connectivity index (χ4n) is 2.46. The first-order valence-corrected chi connectivity index (χ1v) is 8.55. The number of methoxy groups -OCH3 is 1. The quantitative estimate of drug-likeness (QED) is 0.746. The van der Waals surface area contributed by atoms with Crippen LogP contribution in [0.25, 0.3) is 11.1 Å². The standard InChI is InChI=1S/C19H18N2O2S/c1-23-18-5-3-2-4-15(18)9-19(22)21-11-14-8-17(12-20-10-14)16-6-7-24-13-16/h2-8,10,12-13H,9,11H2,1H3,(H,21,22). The largest absolute Gasteiger partial charge is 0.496 e. The molecule has 0 spiro atoms. The lowest BCUT2D eigenvalue weighted by molar-refractivity contribution is -0.120. The van der Waals surface area contributed by atoms with Gasteiger partial charge in [0.25, 0.3) is 0 Å². The number of rotatable bonds is 6. The number of ether oxygens (including phenoxy) is 1. The maximum atomic E-state index is 12.2. The van der Waals surface area contributed by atoms with Crippen LogP contribution in [0.2, 0.25) is 0 Å². The Hall–Kier alpha value is -2.66. The lowest BCUT2D eigenvalue weighted by Crippen LogP contribution is -2.24. The molecule has 3 rings (SSSR count). The van der Waals surface area contributed by atoms with Gasteiger partial charge in [-0.15, -0.1) is 0 Å². The third kappa shape index (κ3) is 4.00.